The number of hydrogen-bond acceptors (Lipinski definition) is 6. The van der Waals surface area contributed by atoms with Gasteiger partial charge in [0.15, 0.2) is 0 Å². The van der Waals surface area contributed by atoms with Gasteiger partial charge in [0.2, 0.25) is 0 Å². The summed E-state index contributed by atoms with van der Waals surface area (Å²) in [5.41, 5.74) is 1.87. The minimum atomic E-state index is -0.290. The Balaban J connectivity index is 0.000000443. The van der Waals surface area contributed by atoms with Crippen LogP contribution in [0.1, 0.15) is 25.0 Å². The van der Waals surface area contributed by atoms with Crippen molar-refractivity contribution in [3.63, 3.8) is 0 Å². The van der Waals surface area contributed by atoms with E-state index in [1.807, 2.05) is 60.7 Å². The molecule has 124 valence electrons. The summed E-state index contributed by atoms with van der Waals surface area (Å²) in [7, 11) is 0. The van der Waals surface area contributed by atoms with E-state index in [1.165, 1.54) is 13.8 Å². The van der Waals surface area contributed by atoms with E-state index in [2.05, 4.69) is 20.4 Å². The Hall–Kier alpha value is -2.34. The van der Waals surface area contributed by atoms with Gasteiger partial charge < -0.3 is 10.2 Å². The molecule has 0 saturated carbocycles. The third kappa shape index (κ3) is 12.7. The van der Waals surface area contributed by atoms with E-state index in [0.717, 1.165) is 11.1 Å². The first kappa shape index (κ1) is 22.7. The summed E-state index contributed by atoms with van der Waals surface area (Å²) in [6, 6.07) is 19.0. The summed E-state index contributed by atoms with van der Waals surface area (Å²) in [6.45, 7) is 2.73. The molecule has 0 N–H and O–H groups in total. The van der Waals surface area contributed by atoms with Gasteiger partial charge in [-0.25, -0.2) is 0 Å². The van der Waals surface area contributed by atoms with Gasteiger partial charge in [0.05, 0.1) is 12.4 Å². The molecule has 2 aromatic rings. The number of benzene rings is 2. The minimum absolute atomic E-state index is 0. The van der Waals surface area contributed by atoms with Crippen molar-refractivity contribution < 1.29 is 37.9 Å². The quantitative estimate of drug-likeness (QED) is 0.264. The third-order valence-electron chi connectivity index (χ3n) is 2.41. The molecule has 0 amide bonds. The van der Waals surface area contributed by atoms with Crippen LogP contribution in [0.5, 0.6) is 0 Å². The van der Waals surface area contributed by atoms with Crippen molar-refractivity contribution in [2.75, 3.05) is 0 Å². The smallest absolute Gasteiger partial charge is 0.861 e. The Kier molecular flexibility index (Phi) is 12.7. The fourth-order valence-corrected chi connectivity index (χ4v) is 1.43. The molecule has 0 radical (unpaired) electrons. The molecule has 0 spiro atoms. The first-order valence-corrected chi connectivity index (χ1v) is 7.17. The van der Waals surface area contributed by atoms with Gasteiger partial charge in [-0.15, -0.1) is 0 Å². The molecule has 0 fully saturated rings. The van der Waals surface area contributed by atoms with Crippen LogP contribution in [0.3, 0.4) is 0 Å². The molecule has 0 aromatic heterocycles. The monoisotopic (exact) mass is 524 g/mol. The van der Waals surface area contributed by atoms with Crippen molar-refractivity contribution in [3.8, 4) is 0 Å². The topological polar surface area (TPSA) is 95.6 Å². The average Bonchev–Trinajstić information content (AvgIpc) is 2.57. The SMILES string of the molecule is C/C([O-])=N/N=C\c1ccccc1.C/C([O-])=N/N=C\c1ccccc1.[Hg+2]. The Morgan fingerprint density at radius 2 is 1.00 bits per heavy atom. The zero-order valence-corrected chi connectivity index (χ0v) is 19.7. The van der Waals surface area contributed by atoms with Crippen LogP contribution in [0.2, 0.25) is 0 Å². The van der Waals surface area contributed by atoms with Crippen LogP contribution in [-0.4, -0.2) is 24.2 Å². The normalized spacial score (nSPS) is 11.8. The second kappa shape index (κ2) is 14.0. The Labute approximate surface area is 167 Å². The van der Waals surface area contributed by atoms with E-state index in [0.29, 0.717) is 0 Å². The van der Waals surface area contributed by atoms with Gasteiger partial charge in [-0.1, -0.05) is 60.7 Å². The van der Waals surface area contributed by atoms with E-state index >= 15 is 0 Å². The van der Waals surface area contributed by atoms with Gasteiger partial charge in [0.1, 0.15) is 0 Å². The summed E-state index contributed by atoms with van der Waals surface area (Å²) >= 11 is 0. The van der Waals surface area contributed by atoms with Gasteiger partial charge >= 0.3 is 27.7 Å². The molecular weight excluding hydrogens is 505 g/mol. The fourth-order valence-electron chi connectivity index (χ4n) is 1.43. The molecule has 2 rings (SSSR count). The van der Waals surface area contributed by atoms with Gasteiger partial charge in [0, 0.05) is 0 Å². The van der Waals surface area contributed by atoms with E-state index in [-0.39, 0.29) is 39.5 Å². The maximum absolute atomic E-state index is 10.4. The summed E-state index contributed by atoms with van der Waals surface area (Å²) in [4.78, 5) is 0. The number of rotatable bonds is 4. The number of hydrogen-bond donors (Lipinski definition) is 0. The van der Waals surface area contributed by atoms with Gasteiger partial charge in [-0.2, -0.15) is 20.4 Å². The van der Waals surface area contributed by atoms with Gasteiger partial charge in [-0.3, -0.25) is 0 Å². The van der Waals surface area contributed by atoms with E-state index in [4.69, 9.17) is 0 Å². The molecule has 0 aliphatic rings. The van der Waals surface area contributed by atoms with E-state index in [9.17, 15) is 10.2 Å². The molecule has 2 aromatic carbocycles. The van der Waals surface area contributed by atoms with E-state index < -0.39 is 0 Å². The fraction of sp³-hybridized carbons (Fsp3) is 0.111. The summed E-state index contributed by atoms with van der Waals surface area (Å²) < 4.78 is 0. The standard InChI is InChI=1S/2C9H10N2O.Hg/c2*1-8(12)11-10-7-9-5-3-2-4-6-9;/h2*2-7H,1H3,(H,11,12);/q;;+2/p-2/b2*10-7-;. The van der Waals surface area contributed by atoms with Crippen LogP contribution in [0.25, 0.3) is 0 Å². The largest absolute Gasteiger partial charge is 2.00 e. The van der Waals surface area contributed by atoms with Crippen molar-refractivity contribution in [1.82, 2.24) is 0 Å². The molecule has 0 saturated heterocycles. The van der Waals surface area contributed by atoms with E-state index in [1.54, 1.807) is 12.4 Å². The predicted octanol–water partition coefficient (Wildman–Crippen LogP) is 1.60. The van der Waals surface area contributed by atoms with Crippen LogP contribution in [0.4, 0.5) is 0 Å². The molecule has 0 bridgehead atoms. The maximum Gasteiger partial charge on any atom is 2.00 e. The second-order valence-corrected chi connectivity index (χ2v) is 4.55. The molecule has 0 atom stereocenters. The molecule has 0 aliphatic carbocycles. The maximum atomic E-state index is 10.4. The summed E-state index contributed by atoms with van der Waals surface area (Å²) in [5, 5.41) is 34.6. The summed E-state index contributed by atoms with van der Waals surface area (Å²) in [6.07, 6.45) is 3.09. The van der Waals surface area contributed by atoms with Crippen LogP contribution in [0, 0.1) is 0 Å². The zero-order valence-electron chi connectivity index (χ0n) is 14.2. The molecule has 7 heteroatoms. The van der Waals surface area contributed by atoms with Gasteiger partial charge in [0.25, 0.3) is 0 Å². The van der Waals surface area contributed by atoms with Gasteiger partial charge in [-0.05, 0) is 36.8 Å². The van der Waals surface area contributed by atoms with Crippen molar-refractivity contribution >= 4 is 24.2 Å². The first-order valence-electron chi connectivity index (χ1n) is 7.17. The minimum Gasteiger partial charge on any atom is -0.861 e. The summed E-state index contributed by atoms with van der Waals surface area (Å²) in [5.74, 6) is -0.579. The zero-order chi connectivity index (χ0) is 17.6. The van der Waals surface area contributed by atoms with Crippen molar-refractivity contribution in [2.45, 2.75) is 13.8 Å². The molecule has 0 unspecified atom stereocenters. The van der Waals surface area contributed by atoms with Crippen molar-refractivity contribution in [3.05, 3.63) is 71.8 Å². The average molecular weight is 523 g/mol. The van der Waals surface area contributed by atoms with Crippen LogP contribution in [-0.2, 0) is 27.7 Å². The Bertz CT molecular complexity index is 643. The molecule has 6 nitrogen and oxygen atoms in total. The Morgan fingerprint density at radius 3 is 1.28 bits per heavy atom. The van der Waals surface area contributed by atoms with Crippen molar-refractivity contribution in [2.24, 2.45) is 20.4 Å². The molecular formula is C18H18HgN4O2. The number of nitrogens with zero attached hydrogens (tertiary/aromatic N) is 4. The Morgan fingerprint density at radius 1 is 0.680 bits per heavy atom. The van der Waals surface area contributed by atoms with Crippen molar-refractivity contribution in [1.29, 1.82) is 0 Å². The molecule has 0 heterocycles. The first-order chi connectivity index (χ1) is 11.6. The molecule has 0 aliphatic heterocycles. The second-order valence-electron chi connectivity index (χ2n) is 4.55. The van der Waals surface area contributed by atoms with Crippen LogP contribution < -0.4 is 10.2 Å². The molecule has 25 heavy (non-hydrogen) atoms. The predicted molar refractivity (Wildman–Crippen MR) is 94.3 cm³/mol. The third-order valence-corrected chi connectivity index (χ3v) is 2.41. The van der Waals surface area contributed by atoms with Crippen LogP contribution in [0.15, 0.2) is 81.1 Å². The van der Waals surface area contributed by atoms with Crippen LogP contribution >= 0.6 is 0 Å².